The Morgan fingerprint density at radius 2 is 1.76 bits per heavy atom. The topological polar surface area (TPSA) is 53.3 Å². The van der Waals surface area contributed by atoms with Crippen molar-refractivity contribution in [3.63, 3.8) is 0 Å². The van der Waals surface area contributed by atoms with Gasteiger partial charge in [-0.05, 0) is 87.1 Å². The summed E-state index contributed by atoms with van der Waals surface area (Å²) in [5.41, 5.74) is 7.07. The molecule has 5 nitrogen and oxygen atoms in total. The van der Waals surface area contributed by atoms with Crippen LogP contribution in [-0.4, -0.2) is 19.8 Å². The minimum absolute atomic E-state index is 0.118. The molecule has 5 rings (SSSR count). The molecule has 0 spiro atoms. The van der Waals surface area contributed by atoms with E-state index in [1.165, 1.54) is 5.56 Å². The number of thiocarbonyl (C=S) groups is 1. The normalized spacial score (nSPS) is 17.8. The fraction of sp³-hybridized carbons (Fsp3) is 0.185. The number of benzene rings is 2. The van der Waals surface area contributed by atoms with Crippen molar-refractivity contribution >= 4 is 34.6 Å². The van der Waals surface area contributed by atoms with Crippen LogP contribution >= 0.6 is 23.8 Å². The lowest BCUT2D eigenvalue weighted by atomic mass is 9.96. The molecule has 4 aromatic rings. The van der Waals surface area contributed by atoms with E-state index >= 15 is 0 Å². The number of aromatic nitrogens is 2. The van der Waals surface area contributed by atoms with Gasteiger partial charge in [0.1, 0.15) is 5.75 Å². The number of aryl methyl sites for hydroxylation is 2. The molecule has 2 N–H and O–H groups in total. The largest absolute Gasteiger partial charge is 0.506 e. The lowest BCUT2D eigenvalue weighted by Gasteiger charge is -2.28. The zero-order chi connectivity index (χ0) is 24.0. The maximum Gasteiger partial charge on any atom is 0.174 e. The summed E-state index contributed by atoms with van der Waals surface area (Å²) in [7, 11) is 0. The van der Waals surface area contributed by atoms with Gasteiger partial charge in [0.05, 0.1) is 23.5 Å². The molecular formula is C27H25ClN4OS. The van der Waals surface area contributed by atoms with Gasteiger partial charge in [0, 0.05) is 28.3 Å². The fourth-order valence-electron chi connectivity index (χ4n) is 4.80. The Labute approximate surface area is 209 Å². The molecule has 2 unspecified atom stereocenters. The van der Waals surface area contributed by atoms with Crippen molar-refractivity contribution in [2.45, 2.75) is 32.9 Å². The standard InChI is InChI=1S/C27H25ClN4OS/c1-16-7-10-20(11-8-16)31-17(2)14-21(18(31)3)26-25(22-6-4-5-13-29-22)30-27(34)32(26)23-15-19(28)9-12-24(23)33/h4-15,25-26,33H,1-3H3,(H,30,34). The first kappa shape index (κ1) is 22.4. The highest BCUT2D eigenvalue weighted by molar-refractivity contribution is 7.80. The number of phenols is 1. The lowest BCUT2D eigenvalue weighted by Crippen LogP contribution is -2.29. The van der Waals surface area contributed by atoms with Gasteiger partial charge in [0.15, 0.2) is 5.11 Å². The van der Waals surface area contributed by atoms with Gasteiger partial charge in [-0.25, -0.2) is 0 Å². The Morgan fingerprint density at radius 1 is 1.00 bits per heavy atom. The van der Waals surface area contributed by atoms with E-state index in [2.05, 4.69) is 66.0 Å². The second-order valence-electron chi connectivity index (χ2n) is 8.63. The van der Waals surface area contributed by atoms with Crippen molar-refractivity contribution in [1.29, 1.82) is 0 Å². The molecule has 1 fully saturated rings. The Kier molecular flexibility index (Phi) is 5.80. The van der Waals surface area contributed by atoms with Gasteiger partial charge in [-0.3, -0.25) is 4.98 Å². The number of hydrogen-bond acceptors (Lipinski definition) is 3. The smallest absolute Gasteiger partial charge is 0.174 e. The van der Waals surface area contributed by atoms with E-state index in [-0.39, 0.29) is 17.8 Å². The molecular weight excluding hydrogens is 464 g/mol. The summed E-state index contributed by atoms with van der Waals surface area (Å²) in [6, 6.07) is 21.1. The second kappa shape index (κ2) is 8.78. The van der Waals surface area contributed by atoms with Crippen molar-refractivity contribution in [2.75, 3.05) is 4.90 Å². The number of phenolic OH excluding ortho intramolecular Hbond substituents is 1. The van der Waals surface area contributed by atoms with Crippen LogP contribution in [0.3, 0.4) is 0 Å². The fourth-order valence-corrected chi connectivity index (χ4v) is 5.30. The van der Waals surface area contributed by atoms with Gasteiger partial charge in [0.2, 0.25) is 0 Å². The molecule has 2 aromatic heterocycles. The van der Waals surface area contributed by atoms with Gasteiger partial charge < -0.3 is 19.9 Å². The molecule has 0 saturated carbocycles. The van der Waals surface area contributed by atoms with Crippen LogP contribution in [0.4, 0.5) is 5.69 Å². The molecule has 0 aliphatic carbocycles. The number of nitrogens with zero attached hydrogens (tertiary/aromatic N) is 3. The molecule has 3 heterocycles. The SMILES string of the molecule is Cc1ccc(-n2c(C)cc(C3C(c4ccccn4)NC(=S)N3c3cc(Cl)ccc3O)c2C)cc1. The summed E-state index contributed by atoms with van der Waals surface area (Å²) < 4.78 is 2.25. The van der Waals surface area contributed by atoms with Crippen LogP contribution in [0.1, 0.15) is 40.3 Å². The summed E-state index contributed by atoms with van der Waals surface area (Å²) in [5, 5.41) is 15.2. The Bertz CT molecular complexity index is 1370. The number of aromatic hydroxyl groups is 1. The summed E-state index contributed by atoms with van der Waals surface area (Å²) in [6.07, 6.45) is 1.78. The van der Waals surface area contributed by atoms with Crippen molar-refractivity contribution in [3.8, 4) is 11.4 Å². The van der Waals surface area contributed by atoms with E-state index in [0.29, 0.717) is 15.8 Å². The maximum atomic E-state index is 10.8. The van der Waals surface area contributed by atoms with Crippen LogP contribution in [0.2, 0.25) is 5.02 Å². The average Bonchev–Trinajstić information content (AvgIpc) is 3.32. The molecule has 2 aromatic carbocycles. The Morgan fingerprint density at radius 3 is 2.47 bits per heavy atom. The number of anilines is 1. The van der Waals surface area contributed by atoms with Crippen molar-refractivity contribution in [2.24, 2.45) is 0 Å². The molecule has 1 aliphatic heterocycles. The third kappa shape index (κ3) is 3.83. The summed E-state index contributed by atoms with van der Waals surface area (Å²) in [5.74, 6) is 0.118. The molecule has 0 amide bonds. The van der Waals surface area contributed by atoms with E-state index < -0.39 is 0 Å². The van der Waals surface area contributed by atoms with Crippen molar-refractivity contribution in [3.05, 3.63) is 106 Å². The van der Waals surface area contributed by atoms with E-state index in [0.717, 1.165) is 28.3 Å². The predicted molar refractivity (Wildman–Crippen MR) is 141 cm³/mol. The predicted octanol–water partition coefficient (Wildman–Crippen LogP) is 6.33. The number of nitrogens with one attached hydrogen (secondary N) is 1. The quantitative estimate of drug-likeness (QED) is 0.328. The first-order valence-corrected chi connectivity index (χ1v) is 11.9. The number of pyridine rings is 1. The van der Waals surface area contributed by atoms with Gasteiger partial charge in [-0.15, -0.1) is 0 Å². The molecule has 1 aliphatic rings. The van der Waals surface area contributed by atoms with E-state index in [9.17, 15) is 5.11 Å². The maximum absolute atomic E-state index is 10.8. The highest BCUT2D eigenvalue weighted by atomic mass is 35.5. The monoisotopic (exact) mass is 488 g/mol. The van der Waals surface area contributed by atoms with Crippen molar-refractivity contribution in [1.82, 2.24) is 14.9 Å². The molecule has 34 heavy (non-hydrogen) atoms. The van der Waals surface area contributed by atoms with Gasteiger partial charge in [-0.2, -0.15) is 0 Å². The van der Waals surface area contributed by atoms with Crippen LogP contribution < -0.4 is 10.2 Å². The molecule has 0 radical (unpaired) electrons. The number of rotatable bonds is 4. The molecule has 1 saturated heterocycles. The van der Waals surface area contributed by atoms with E-state index in [1.807, 2.05) is 23.1 Å². The third-order valence-electron chi connectivity index (χ3n) is 6.38. The third-order valence-corrected chi connectivity index (χ3v) is 6.93. The van der Waals surface area contributed by atoms with Crippen LogP contribution in [0.15, 0.2) is 72.9 Å². The first-order chi connectivity index (χ1) is 16.3. The number of halogens is 1. The summed E-state index contributed by atoms with van der Waals surface area (Å²) >= 11 is 12.1. The number of hydrogen-bond donors (Lipinski definition) is 2. The van der Waals surface area contributed by atoms with Gasteiger partial charge >= 0.3 is 0 Å². The zero-order valence-corrected chi connectivity index (χ0v) is 20.7. The van der Waals surface area contributed by atoms with Crippen LogP contribution in [0.5, 0.6) is 5.75 Å². The summed E-state index contributed by atoms with van der Waals surface area (Å²) in [4.78, 5) is 6.58. The Balaban J connectivity index is 1.70. The van der Waals surface area contributed by atoms with E-state index in [1.54, 1.807) is 24.4 Å². The van der Waals surface area contributed by atoms with Crippen LogP contribution in [0.25, 0.3) is 5.69 Å². The summed E-state index contributed by atoms with van der Waals surface area (Å²) in [6.45, 7) is 6.31. The van der Waals surface area contributed by atoms with Gasteiger partial charge in [0.25, 0.3) is 0 Å². The average molecular weight is 489 g/mol. The van der Waals surface area contributed by atoms with E-state index in [4.69, 9.17) is 23.8 Å². The first-order valence-electron chi connectivity index (χ1n) is 11.1. The highest BCUT2D eigenvalue weighted by Gasteiger charge is 2.43. The van der Waals surface area contributed by atoms with Crippen LogP contribution in [-0.2, 0) is 0 Å². The minimum atomic E-state index is -0.239. The minimum Gasteiger partial charge on any atom is -0.506 e. The second-order valence-corrected chi connectivity index (χ2v) is 9.45. The van der Waals surface area contributed by atoms with Crippen LogP contribution in [0, 0.1) is 20.8 Å². The molecule has 2 atom stereocenters. The highest BCUT2D eigenvalue weighted by Crippen LogP contribution is 2.46. The van der Waals surface area contributed by atoms with Crippen molar-refractivity contribution < 1.29 is 5.11 Å². The lowest BCUT2D eigenvalue weighted by molar-refractivity contribution is 0.472. The molecule has 7 heteroatoms. The zero-order valence-electron chi connectivity index (χ0n) is 19.2. The molecule has 172 valence electrons. The molecule has 0 bridgehead atoms. The van der Waals surface area contributed by atoms with Gasteiger partial charge in [-0.1, -0.05) is 35.4 Å². The Hall–Kier alpha value is -3.35.